The molecular formula is C21H24ClN3O3. The first kappa shape index (κ1) is 19.1. The lowest BCUT2D eigenvalue weighted by atomic mass is 10.1. The predicted molar refractivity (Wildman–Crippen MR) is 109 cm³/mol. The van der Waals surface area contributed by atoms with Gasteiger partial charge in [0.2, 0.25) is 12.7 Å². The van der Waals surface area contributed by atoms with Crippen molar-refractivity contribution in [2.45, 2.75) is 13.5 Å². The van der Waals surface area contributed by atoms with Crippen LogP contribution in [0.3, 0.4) is 0 Å². The van der Waals surface area contributed by atoms with E-state index in [1.54, 1.807) is 6.07 Å². The molecule has 0 atom stereocenters. The number of nitrogens with one attached hydrogen (secondary N) is 1. The maximum Gasteiger partial charge on any atom is 0.238 e. The second-order valence-electron chi connectivity index (χ2n) is 7.27. The molecule has 2 heterocycles. The summed E-state index contributed by atoms with van der Waals surface area (Å²) in [7, 11) is 0. The number of halogens is 1. The number of piperazine rings is 1. The first-order valence-corrected chi connectivity index (χ1v) is 9.84. The quantitative estimate of drug-likeness (QED) is 0.834. The van der Waals surface area contributed by atoms with Crippen LogP contribution >= 0.6 is 11.6 Å². The van der Waals surface area contributed by atoms with Crippen LogP contribution in [0.25, 0.3) is 0 Å². The van der Waals surface area contributed by atoms with Gasteiger partial charge in [-0.15, -0.1) is 0 Å². The Hall–Kier alpha value is -2.28. The Morgan fingerprint density at radius 3 is 2.61 bits per heavy atom. The summed E-state index contributed by atoms with van der Waals surface area (Å²) in [6.45, 7) is 7.09. The summed E-state index contributed by atoms with van der Waals surface area (Å²) in [5.74, 6) is 1.60. The third-order valence-electron chi connectivity index (χ3n) is 5.07. The van der Waals surface area contributed by atoms with Gasteiger partial charge in [0.05, 0.1) is 17.3 Å². The molecule has 0 radical (unpaired) electrons. The molecule has 0 spiro atoms. The first-order valence-electron chi connectivity index (χ1n) is 9.46. The topological polar surface area (TPSA) is 54.0 Å². The SMILES string of the molecule is Cc1ccc(Cl)c(NC(=O)CN2CCN(Cc3ccc4c(c3)OCO4)CC2)c1. The third-order valence-corrected chi connectivity index (χ3v) is 5.40. The number of benzene rings is 2. The standard InChI is InChI=1S/C21H24ClN3O3/c1-15-2-4-17(22)18(10-15)23-21(26)13-25-8-6-24(7-9-25)12-16-3-5-19-20(11-16)28-14-27-19/h2-5,10-11H,6-9,12-14H2,1H3,(H,23,26). The van der Waals surface area contributed by atoms with Crippen LogP contribution in [0.2, 0.25) is 5.02 Å². The van der Waals surface area contributed by atoms with Crippen LogP contribution in [0.4, 0.5) is 5.69 Å². The summed E-state index contributed by atoms with van der Waals surface area (Å²) < 4.78 is 10.8. The number of nitrogens with zero attached hydrogens (tertiary/aromatic N) is 2. The fourth-order valence-corrected chi connectivity index (χ4v) is 3.70. The molecule has 2 aliphatic rings. The van der Waals surface area contributed by atoms with Crippen molar-refractivity contribution in [2.24, 2.45) is 0 Å². The molecule has 0 unspecified atom stereocenters. The van der Waals surface area contributed by atoms with E-state index in [9.17, 15) is 4.79 Å². The van der Waals surface area contributed by atoms with Gasteiger partial charge in [0.15, 0.2) is 11.5 Å². The van der Waals surface area contributed by atoms with Crippen LogP contribution < -0.4 is 14.8 Å². The van der Waals surface area contributed by atoms with Gasteiger partial charge < -0.3 is 14.8 Å². The minimum Gasteiger partial charge on any atom is -0.454 e. The minimum atomic E-state index is -0.0308. The van der Waals surface area contributed by atoms with Crippen LogP contribution in [0.1, 0.15) is 11.1 Å². The molecule has 4 rings (SSSR count). The molecule has 148 valence electrons. The molecule has 1 amide bonds. The summed E-state index contributed by atoms with van der Waals surface area (Å²) in [6.07, 6.45) is 0. The molecule has 2 aromatic rings. The van der Waals surface area contributed by atoms with Gasteiger partial charge in [-0.05, 0) is 42.3 Å². The fraction of sp³-hybridized carbons (Fsp3) is 0.381. The molecule has 2 aromatic carbocycles. The van der Waals surface area contributed by atoms with E-state index in [2.05, 4.69) is 21.2 Å². The highest BCUT2D eigenvalue weighted by Crippen LogP contribution is 2.32. The Balaban J connectivity index is 1.25. The van der Waals surface area contributed by atoms with Gasteiger partial charge in [0.1, 0.15) is 0 Å². The number of anilines is 1. The van der Waals surface area contributed by atoms with E-state index < -0.39 is 0 Å². The second-order valence-corrected chi connectivity index (χ2v) is 7.68. The summed E-state index contributed by atoms with van der Waals surface area (Å²) in [5, 5.41) is 3.48. The lowest BCUT2D eigenvalue weighted by molar-refractivity contribution is -0.117. The van der Waals surface area contributed by atoms with E-state index in [0.717, 1.165) is 49.8 Å². The molecule has 0 aliphatic carbocycles. The van der Waals surface area contributed by atoms with E-state index >= 15 is 0 Å². The minimum absolute atomic E-state index is 0.0308. The highest BCUT2D eigenvalue weighted by Gasteiger charge is 2.20. The molecule has 0 aromatic heterocycles. The summed E-state index contributed by atoms with van der Waals surface area (Å²) in [4.78, 5) is 16.9. The number of hydrogen-bond acceptors (Lipinski definition) is 5. The molecule has 1 N–H and O–H groups in total. The van der Waals surface area contributed by atoms with Crippen molar-refractivity contribution in [2.75, 3.05) is 44.8 Å². The van der Waals surface area contributed by atoms with E-state index in [1.807, 2.05) is 31.2 Å². The molecular weight excluding hydrogens is 378 g/mol. The molecule has 1 fully saturated rings. The fourth-order valence-electron chi connectivity index (χ4n) is 3.53. The zero-order valence-electron chi connectivity index (χ0n) is 15.9. The van der Waals surface area contributed by atoms with E-state index in [4.69, 9.17) is 21.1 Å². The summed E-state index contributed by atoms with van der Waals surface area (Å²) >= 11 is 6.16. The van der Waals surface area contributed by atoms with Crippen molar-refractivity contribution in [3.63, 3.8) is 0 Å². The average molecular weight is 402 g/mol. The number of rotatable bonds is 5. The largest absolute Gasteiger partial charge is 0.454 e. The van der Waals surface area contributed by atoms with Crippen molar-refractivity contribution in [3.8, 4) is 11.5 Å². The highest BCUT2D eigenvalue weighted by molar-refractivity contribution is 6.33. The molecule has 1 saturated heterocycles. The average Bonchev–Trinajstić information content (AvgIpc) is 3.14. The molecule has 7 heteroatoms. The van der Waals surface area contributed by atoms with E-state index in [1.165, 1.54) is 5.56 Å². The highest BCUT2D eigenvalue weighted by atomic mass is 35.5. The van der Waals surface area contributed by atoms with Crippen molar-refractivity contribution in [1.29, 1.82) is 0 Å². The van der Waals surface area contributed by atoms with Gasteiger partial charge >= 0.3 is 0 Å². The maximum absolute atomic E-state index is 12.4. The van der Waals surface area contributed by atoms with Crippen LogP contribution in [-0.4, -0.2) is 55.2 Å². The van der Waals surface area contributed by atoms with Gasteiger partial charge in [-0.3, -0.25) is 14.6 Å². The van der Waals surface area contributed by atoms with Gasteiger partial charge in [0.25, 0.3) is 0 Å². The van der Waals surface area contributed by atoms with Crippen molar-refractivity contribution in [3.05, 3.63) is 52.5 Å². The molecule has 28 heavy (non-hydrogen) atoms. The zero-order valence-corrected chi connectivity index (χ0v) is 16.7. The lowest BCUT2D eigenvalue weighted by Gasteiger charge is -2.34. The number of hydrogen-bond donors (Lipinski definition) is 1. The third kappa shape index (κ3) is 4.58. The smallest absolute Gasteiger partial charge is 0.238 e. The van der Waals surface area contributed by atoms with Crippen molar-refractivity contribution >= 4 is 23.2 Å². The van der Waals surface area contributed by atoms with Crippen molar-refractivity contribution in [1.82, 2.24) is 9.80 Å². The molecule has 0 saturated carbocycles. The second kappa shape index (κ2) is 8.39. The monoisotopic (exact) mass is 401 g/mol. The van der Waals surface area contributed by atoms with Crippen LogP contribution in [-0.2, 0) is 11.3 Å². The Morgan fingerprint density at radius 1 is 1.04 bits per heavy atom. The Labute approximate surface area is 170 Å². The summed E-state index contributed by atoms with van der Waals surface area (Å²) in [6, 6.07) is 11.7. The van der Waals surface area contributed by atoms with Gasteiger partial charge in [-0.1, -0.05) is 23.7 Å². The number of amides is 1. The Bertz CT molecular complexity index is 866. The molecule has 2 aliphatic heterocycles. The molecule has 0 bridgehead atoms. The number of aryl methyl sites for hydroxylation is 1. The number of fused-ring (bicyclic) bond motifs is 1. The van der Waals surface area contributed by atoms with E-state index in [-0.39, 0.29) is 5.91 Å². The van der Waals surface area contributed by atoms with Gasteiger partial charge in [0, 0.05) is 32.7 Å². The zero-order chi connectivity index (χ0) is 19.5. The Kier molecular flexibility index (Phi) is 5.71. The van der Waals surface area contributed by atoms with Crippen LogP contribution in [0.5, 0.6) is 11.5 Å². The summed E-state index contributed by atoms with van der Waals surface area (Å²) in [5.41, 5.74) is 2.95. The maximum atomic E-state index is 12.4. The van der Waals surface area contributed by atoms with Crippen LogP contribution in [0, 0.1) is 6.92 Å². The number of ether oxygens (including phenoxy) is 2. The van der Waals surface area contributed by atoms with Crippen LogP contribution in [0.15, 0.2) is 36.4 Å². The molecule has 6 nitrogen and oxygen atoms in total. The van der Waals surface area contributed by atoms with E-state index in [0.29, 0.717) is 24.0 Å². The Morgan fingerprint density at radius 2 is 1.79 bits per heavy atom. The number of carbonyl (C=O) groups excluding carboxylic acids is 1. The lowest BCUT2D eigenvalue weighted by Crippen LogP contribution is -2.48. The predicted octanol–water partition coefficient (Wildman–Crippen LogP) is 3.13. The van der Waals surface area contributed by atoms with Gasteiger partial charge in [-0.2, -0.15) is 0 Å². The first-order chi connectivity index (χ1) is 13.6. The van der Waals surface area contributed by atoms with Gasteiger partial charge in [-0.25, -0.2) is 0 Å². The normalized spacial score (nSPS) is 16.9. The number of carbonyl (C=O) groups is 1. The van der Waals surface area contributed by atoms with Crippen molar-refractivity contribution < 1.29 is 14.3 Å².